The zero-order valence-corrected chi connectivity index (χ0v) is 23.0. The molecule has 6 atom stereocenters. The normalized spacial score (nSPS) is 36.8. The molecule has 2 fully saturated rings. The molecule has 0 aromatic heterocycles. The predicted molar refractivity (Wildman–Crippen MR) is 120 cm³/mol. The molecule has 6 unspecified atom stereocenters. The first-order valence-electron chi connectivity index (χ1n) is 9.30. The van der Waals surface area contributed by atoms with Crippen molar-refractivity contribution in [2.45, 2.75) is 90.9 Å². The van der Waals surface area contributed by atoms with Crippen molar-refractivity contribution in [2.75, 3.05) is 0 Å². The summed E-state index contributed by atoms with van der Waals surface area (Å²) in [5.74, 6) is 4.88. The Morgan fingerprint density at radius 3 is 1.60 bits per heavy atom. The van der Waals surface area contributed by atoms with Gasteiger partial charge in [0.1, 0.15) is 0 Å². The van der Waals surface area contributed by atoms with Gasteiger partial charge in [-0.25, -0.2) is 0 Å². The minimum atomic E-state index is -1.12. The molecule has 0 amide bonds. The van der Waals surface area contributed by atoms with Crippen molar-refractivity contribution in [1.82, 2.24) is 0 Å². The summed E-state index contributed by atoms with van der Waals surface area (Å²) < 4.78 is 0. The van der Waals surface area contributed by atoms with Crippen molar-refractivity contribution >= 4 is 8.07 Å². The maximum atomic E-state index is 2.74. The van der Waals surface area contributed by atoms with E-state index in [1.54, 1.807) is 12.8 Å². The first-order valence-corrected chi connectivity index (χ1v) is 12.5. The second kappa shape index (κ2) is 13.3. The summed E-state index contributed by atoms with van der Waals surface area (Å²) in [6.45, 7) is 18.0. The fourth-order valence-corrected chi connectivity index (χ4v) is 11.9. The summed E-state index contributed by atoms with van der Waals surface area (Å²) in [6.07, 6.45) is 7.55. The van der Waals surface area contributed by atoms with E-state index < -0.39 is 8.07 Å². The Balaban J connectivity index is -0.000000441. The summed E-state index contributed by atoms with van der Waals surface area (Å²) in [4.78, 5) is 0. The number of hydrogen-bond acceptors (Lipinski definition) is 0. The standard InChI is InChI=1S/C19H38Si.4CH3.Zr/c1-8-9-17-10-11-18(12-17)20(6,7)19-15(4)13(2)14(3)16(19)5;;;;;/h13-19H,8-12H2,1-7H3;4*1H3;/q;4*-1;+4. The Bertz CT molecular complexity index is 314. The van der Waals surface area contributed by atoms with Gasteiger partial charge in [-0.3, -0.25) is 0 Å². The third-order valence-electron chi connectivity index (χ3n) is 7.77. The third kappa shape index (κ3) is 6.58. The van der Waals surface area contributed by atoms with Gasteiger partial charge in [-0.2, -0.15) is 0 Å². The molecule has 0 N–H and O–H groups in total. The van der Waals surface area contributed by atoms with E-state index in [4.69, 9.17) is 0 Å². The van der Waals surface area contributed by atoms with Gasteiger partial charge in [-0.05, 0) is 47.1 Å². The Morgan fingerprint density at radius 1 is 0.760 bits per heavy atom. The third-order valence-corrected chi connectivity index (χ3v) is 13.2. The molecule has 25 heavy (non-hydrogen) atoms. The molecule has 0 aromatic rings. The Kier molecular flexibility index (Phi) is 17.9. The molecule has 0 bridgehead atoms. The fourth-order valence-electron chi connectivity index (χ4n) is 6.14. The van der Waals surface area contributed by atoms with E-state index in [2.05, 4.69) is 47.7 Å². The van der Waals surface area contributed by atoms with Crippen LogP contribution in [-0.2, 0) is 26.2 Å². The summed E-state index contributed by atoms with van der Waals surface area (Å²) in [5.41, 5.74) is 2.18. The van der Waals surface area contributed by atoms with Gasteiger partial charge in [0, 0.05) is 0 Å². The molecule has 0 spiro atoms. The molecule has 150 valence electrons. The first-order chi connectivity index (χ1) is 9.30. The topological polar surface area (TPSA) is 0 Å². The van der Waals surface area contributed by atoms with Crippen molar-refractivity contribution in [1.29, 1.82) is 0 Å². The molecule has 0 heterocycles. The van der Waals surface area contributed by atoms with Crippen LogP contribution in [0.4, 0.5) is 0 Å². The minimum absolute atomic E-state index is 0. The molecule has 2 aliphatic carbocycles. The van der Waals surface area contributed by atoms with Crippen LogP contribution >= 0.6 is 0 Å². The maximum Gasteiger partial charge on any atom is 4.00 e. The van der Waals surface area contributed by atoms with Gasteiger partial charge >= 0.3 is 26.2 Å². The SMILES string of the molecule is CCCC1CCC([Si](C)(C)C2C(C)C(C)C(C)C2C)C1.[CH3-].[CH3-].[CH3-].[CH3-].[Zr+4]. The summed E-state index contributed by atoms with van der Waals surface area (Å²) >= 11 is 0. The van der Waals surface area contributed by atoms with Crippen LogP contribution in [0, 0.1) is 59.3 Å². The quantitative estimate of drug-likeness (QED) is 0.301. The van der Waals surface area contributed by atoms with Crippen molar-refractivity contribution in [3.05, 3.63) is 29.7 Å². The molecule has 0 aliphatic heterocycles. The van der Waals surface area contributed by atoms with E-state index >= 15 is 0 Å². The van der Waals surface area contributed by atoms with Crippen LogP contribution in [-0.4, -0.2) is 8.07 Å². The molecule has 0 aromatic carbocycles. The van der Waals surface area contributed by atoms with Gasteiger partial charge in [-0.15, -0.1) is 0 Å². The van der Waals surface area contributed by atoms with Crippen molar-refractivity contribution in [3.63, 3.8) is 0 Å². The first kappa shape index (κ1) is 33.7. The van der Waals surface area contributed by atoms with Gasteiger partial charge in [0.15, 0.2) is 0 Å². The van der Waals surface area contributed by atoms with E-state index in [0.29, 0.717) is 0 Å². The molecular weight excluding hydrogens is 396 g/mol. The molecule has 2 saturated carbocycles. The zero-order chi connectivity index (χ0) is 15.1. The molecular formula is C23H50SiZr. The summed E-state index contributed by atoms with van der Waals surface area (Å²) in [5, 5.41) is 0. The second-order valence-corrected chi connectivity index (χ2v) is 14.1. The van der Waals surface area contributed by atoms with E-state index in [1.165, 1.54) is 19.3 Å². The fraction of sp³-hybridized carbons (Fsp3) is 0.826. The summed E-state index contributed by atoms with van der Waals surface area (Å²) in [6, 6.07) is 0. The monoisotopic (exact) mass is 444 g/mol. The average molecular weight is 446 g/mol. The van der Waals surface area contributed by atoms with Crippen molar-refractivity contribution in [3.8, 4) is 0 Å². The van der Waals surface area contributed by atoms with Crippen LogP contribution in [0.25, 0.3) is 0 Å². The molecule has 2 heteroatoms. The van der Waals surface area contributed by atoms with Crippen LogP contribution in [0.2, 0.25) is 24.2 Å². The Labute approximate surface area is 183 Å². The van der Waals surface area contributed by atoms with Crippen LogP contribution in [0.1, 0.15) is 66.7 Å². The van der Waals surface area contributed by atoms with Crippen LogP contribution < -0.4 is 0 Å². The van der Waals surface area contributed by atoms with E-state index in [9.17, 15) is 0 Å². The average Bonchev–Trinajstić information content (AvgIpc) is 2.92. The second-order valence-electron chi connectivity index (χ2n) is 8.95. The molecule has 0 radical (unpaired) electrons. The molecule has 2 rings (SSSR count). The van der Waals surface area contributed by atoms with Crippen LogP contribution in [0.5, 0.6) is 0 Å². The largest absolute Gasteiger partial charge is 4.00 e. The van der Waals surface area contributed by atoms with Crippen molar-refractivity contribution in [2.24, 2.45) is 29.6 Å². The molecule has 0 nitrogen and oxygen atoms in total. The van der Waals surface area contributed by atoms with Gasteiger partial charge in [0.2, 0.25) is 0 Å². The molecule has 0 saturated heterocycles. The smallest absolute Gasteiger partial charge is 0.358 e. The van der Waals surface area contributed by atoms with Gasteiger partial charge in [0.25, 0.3) is 0 Å². The number of hydrogen-bond donors (Lipinski definition) is 0. The van der Waals surface area contributed by atoms with E-state index in [1.807, 2.05) is 0 Å². The predicted octanol–water partition coefficient (Wildman–Crippen LogP) is 8.39. The van der Waals surface area contributed by atoms with Crippen LogP contribution in [0.3, 0.4) is 0 Å². The van der Waals surface area contributed by atoms with E-state index in [-0.39, 0.29) is 55.9 Å². The number of rotatable bonds is 4. The van der Waals surface area contributed by atoms with Gasteiger partial charge in [-0.1, -0.05) is 73.4 Å². The van der Waals surface area contributed by atoms with Crippen molar-refractivity contribution < 1.29 is 26.2 Å². The Hall–Kier alpha value is 1.10. The van der Waals surface area contributed by atoms with E-state index in [0.717, 1.165) is 40.7 Å². The van der Waals surface area contributed by atoms with Gasteiger partial charge < -0.3 is 29.7 Å². The minimum Gasteiger partial charge on any atom is -0.358 e. The zero-order valence-electron chi connectivity index (χ0n) is 19.6. The maximum absolute atomic E-state index is 2.74. The Morgan fingerprint density at radius 2 is 1.20 bits per heavy atom. The van der Waals surface area contributed by atoms with Crippen LogP contribution in [0.15, 0.2) is 0 Å². The molecule has 2 aliphatic rings. The van der Waals surface area contributed by atoms with Gasteiger partial charge in [0.05, 0.1) is 8.07 Å². The summed E-state index contributed by atoms with van der Waals surface area (Å²) in [7, 11) is -1.12.